The van der Waals surface area contributed by atoms with E-state index in [0.29, 0.717) is 35.9 Å². The molecule has 1 unspecified atom stereocenters. The summed E-state index contributed by atoms with van der Waals surface area (Å²) in [5, 5.41) is 17.1. The van der Waals surface area contributed by atoms with Gasteiger partial charge in [-0.15, -0.1) is 12.6 Å². The fourth-order valence-electron chi connectivity index (χ4n) is 4.41. The smallest absolute Gasteiger partial charge is 0.330 e. The summed E-state index contributed by atoms with van der Waals surface area (Å²) >= 11 is 4.49. The summed E-state index contributed by atoms with van der Waals surface area (Å²) in [4.78, 5) is 42.2. The molecule has 4 N–H and O–H groups in total. The van der Waals surface area contributed by atoms with Crippen molar-refractivity contribution in [3.05, 3.63) is 100.0 Å². The summed E-state index contributed by atoms with van der Waals surface area (Å²) in [6, 6.07) is 19.0. The van der Waals surface area contributed by atoms with Crippen LogP contribution in [-0.4, -0.2) is 41.8 Å². The Kier molecular flexibility index (Phi) is 9.11. The molecule has 10 heteroatoms. The molecular weight excluding hydrogens is 511 g/mol. The number of amides is 1. The van der Waals surface area contributed by atoms with Crippen molar-refractivity contribution < 1.29 is 14.7 Å². The molecule has 39 heavy (non-hydrogen) atoms. The predicted molar refractivity (Wildman–Crippen MR) is 160 cm³/mol. The van der Waals surface area contributed by atoms with Gasteiger partial charge in [0, 0.05) is 40.8 Å². The highest BCUT2D eigenvalue weighted by atomic mass is 32.1. The van der Waals surface area contributed by atoms with E-state index in [9.17, 15) is 19.5 Å². The summed E-state index contributed by atoms with van der Waals surface area (Å²) in [7, 11) is 3.97. The molecule has 0 fully saturated rings. The Hall–Kier alpha value is -4.02. The van der Waals surface area contributed by atoms with E-state index < -0.39 is 12.0 Å². The van der Waals surface area contributed by atoms with Crippen molar-refractivity contribution in [2.24, 2.45) is 0 Å². The lowest BCUT2D eigenvalue weighted by molar-refractivity contribution is -0.138. The number of aliphatic carboxylic acids is 1. The van der Waals surface area contributed by atoms with E-state index in [0.717, 1.165) is 33.6 Å². The van der Waals surface area contributed by atoms with Crippen molar-refractivity contribution in [2.75, 3.05) is 17.7 Å². The first-order valence-electron chi connectivity index (χ1n) is 12.7. The third-order valence-electron chi connectivity index (χ3n) is 6.37. The fourth-order valence-corrected chi connectivity index (χ4v) is 4.62. The number of anilines is 2. The van der Waals surface area contributed by atoms with Gasteiger partial charge in [-0.1, -0.05) is 30.3 Å². The van der Waals surface area contributed by atoms with Crippen LogP contribution in [0.25, 0.3) is 10.8 Å². The summed E-state index contributed by atoms with van der Waals surface area (Å²) in [5.74, 6) is -1.08. The van der Waals surface area contributed by atoms with Crippen LogP contribution in [0.2, 0.25) is 0 Å². The topological polar surface area (TPSA) is 115 Å². The van der Waals surface area contributed by atoms with E-state index in [-0.39, 0.29) is 11.5 Å². The number of aryl methyl sites for hydroxylation is 1. The lowest BCUT2D eigenvalue weighted by atomic mass is 10.0. The van der Waals surface area contributed by atoms with Crippen LogP contribution in [0.4, 0.5) is 11.4 Å². The molecule has 4 rings (SSSR count). The first-order chi connectivity index (χ1) is 18.7. The van der Waals surface area contributed by atoms with Gasteiger partial charge in [0.2, 0.25) is 5.91 Å². The molecule has 0 saturated heterocycles. The van der Waals surface area contributed by atoms with E-state index in [1.54, 1.807) is 42.6 Å². The van der Waals surface area contributed by atoms with Crippen molar-refractivity contribution in [1.29, 1.82) is 0 Å². The zero-order valence-corrected chi connectivity index (χ0v) is 22.8. The highest BCUT2D eigenvalue weighted by Gasteiger charge is 2.20. The van der Waals surface area contributed by atoms with Gasteiger partial charge in [0.25, 0.3) is 5.56 Å². The summed E-state index contributed by atoms with van der Waals surface area (Å²) in [5.41, 5.74) is 3.71. The molecule has 1 heterocycles. The van der Waals surface area contributed by atoms with Crippen LogP contribution in [0.1, 0.15) is 35.6 Å². The van der Waals surface area contributed by atoms with Gasteiger partial charge in [-0.2, -0.15) is 0 Å². The van der Waals surface area contributed by atoms with Crippen molar-refractivity contribution in [3.8, 4) is 0 Å². The zero-order valence-electron chi connectivity index (χ0n) is 21.9. The maximum Gasteiger partial charge on any atom is 0.330 e. The molecule has 8 nitrogen and oxygen atoms in total. The maximum absolute atomic E-state index is 12.5. The quantitative estimate of drug-likeness (QED) is 0.145. The van der Waals surface area contributed by atoms with Crippen molar-refractivity contribution in [3.63, 3.8) is 0 Å². The minimum Gasteiger partial charge on any atom is -0.479 e. The number of carboxylic acid groups (broad SMARTS) is 1. The third-order valence-corrected chi connectivity index (χ3v) is 6.80. The fraction of sp³-hybridized carbons (Fsp3) is 0.207. The van der Waals surface area contributed by atoms with E-state index in [1.165, 1.54) is 0 Å². The normalized spacial score (nSPS) is 11.9. The largest absolute Gasteiger partial charge is 0.479 e. The molecule has 4 aromatic rings. The molecule has 0 spiro atoms. The number of hydrogen-bond acceptors (Lipinski definition) is 6. The second-order valence-corrected chi connectivity index (χ2v) is 10.2. The minimum absolute atomic E-state index is 0.0568. The number of carboxylic acids is 1. The molecule has 200 valence electrons. The monoisotopic (exact) mass is 542 g/mol. The predicted octanol–water partition coefficient (Wildman–Crippen LogP) is 4.00. The Morgan fingerprint density at radius 1 is 1.05 bits per heavy atom. The number of aromatic amines is 1. The first-order valence-corrected chi connectivity index (χ1v) is 13.1. The Morgan fingerprint density at radius 3 is 2.51 bits per heavy atom. The Labute approximate surface area is 233 Å². The van der Waals surface area contributed by atoms with Gasteiger partial charge in [0.1, 0.15) is 0 Å². The highest BCUT2D eigenvalue weighted by Crippen LogP contribution is 2.24. The van der Waals surface area contributed by atoms with E-state index in [1.807, 2.05) is 50.2 Å². The number of hydrogen-bond donors (Lipinski definition) is 5. The molecule has 0 aliphatic heterocycles. The molecule has 3 aromatic carbocycles. The molecule has 0 aliphatic rings. The van der Waals surface area contributed by atoms with Gasteiger partial charge in [-0.25, -0.2) is 4.79 Å². The molecule has 0 radical (unpaired) electrons. The number of H-pyrrole nitrogens is 1. The molecule has 1 amide bonds. The number of fused-ring (bicyclic) bond motifs is 1. The van der Waals surface area contributed by atoms with Crippen LogP contribution in [0, 0.1) is 0 Å². The van der Waals surface area contributed by atoms with Crippen LogP contribution in [-0.2, 0) is 22.6 Å². The molecule has 1 aromatic heterocycles. The number of carbonyl (C=O) groups excluding carboxylic acids is 1. The van der Waals surface area contributed by atoms with Crippen molar-refractivity contribution in [2.45, 2.75) is 36.7 Å². The first kappa shape index (κ1) is 28.0. The Bertz CT molecular complexity index is 1540. The van der Waals surface area contributed by atoms with Crippen LogP contribution in [0.15, 0.2) is 82.6 Å². The van der Waals surface area contributed by atoms with E-state index in [2.05, 4.69) is 28.2 Å². The van der Waals surface area contributed by atoms with Crippen LogP contribution < -0.4 is 16.2 Å². The van der Waals surface area contributed by atoms with Gasteiger partial charge in [-0.3, -0.25) is 9.59 Å². The number of benzene rings is 3. The van der Waals surface area contributed by atoms with Crippen LogP contribution in [0.3, 0.4) is 0 Å². The number of pyridine rings is 1. The van der Waals surface area contributed by atoms with E-state index in [4.69, 9.17) is 0 Å². The molecule has 0 saturated carbocycles. The lowest BCUT2D eigenvalue weighted by Crippen LogP contribution is -2.20. The third kappa shape index (κ3) is 7.52. The van der Waals surface area contributed by atoms with Crippen molar-refractivity contribution in [1.82, 2.24) is 9.79 Å². The van der Waals surface area contributed by atoms with Gasteiger partial charge in [0.15, 0.2) is 14.0 Å². The SMILES string of the molecule is BN(C)Cc1cc(NC(=O)CCCc2ccc(C(Nc3ccc4cc[nH]c(=O)c4c3)C(=O)O)cc2)ccc1S. The lowest BCUT2D eigenvalue weighted by Gasteiger charge is -2.17. The number of thiol groups is 1. The summed E-state index contributed by atoms with van der Waals surface area (Å²) in [6.45, 7) is 0.735. The second kappa shape index (κ2) is 12.7. The Morgan fingerprint density at radius 2 is 1.79 bits per heavy atom. The number of nitrogens with one attached hydrogen (secondary N) is 3. The highest BCUT2D eigenvalue weighted by molar-refractivity contribution is 7.80. The van der Waals surface area contributed by atoms with Gasteiger partial charge in [0.05, 0.1) is 0 Å². The summed E-state index contributed by atoms with van der Waals surface area (Å²) < 4.78 is 0. The average molecular weight is 542 g/mol. The molecule has 0 aliphatic carbocycles. The Balaban J connectivity index is 1.33. The number of nitrogens with zero attached hydrogens (tertiary/aromatic N) is 1. The summed E-state index contributed by atoms with van der Waals surface area (Å²) in [6.07, 6.45) is 3.30. The zero-order chi connectivity index (χ0) is 27.9. The molecule has 1 atom stereocenters. The number of carbonyl (C=O) groups is 2. The molecular formula is C29H31BN4O4S. The van der Waals surface area contributed by atoms with E-state index >= 15 is 0 Å². The van der Waals surface area contributed by atoms with Gasteiger partial charge >= 0.3 is 5.97 Å². The van der Waals surface area contributed by atoms with Crippen LogP contribution >= 0.6 is 12.6 Å². The number of aromatic nitrogens is 1. The van der Waals surface area contributed by atoms with Crippen molar-refractivity contribution >= 4 is 54.6 Å². The minimum atomic E-state index is -1.03. The maximum atomic E-state index is 12.5. The second-order valence-electron chi connectivity index (χ2n) is 9.75. The van der Waals surface area contributed by atoms with Gasteiger partial charge in [-0.05, 0) is 78.4 Å². The number of rotatable bonds is 11. The standard InChI is InChI=1S/C29H31BN4O4S/c1-34(30)17-21-15-22(11-12-25(21)39)32-26(35)4-2-3-18-5-7-20(8-6-18)27(29(37)38)33-23-10-9-19-13-14-31-28(36)24(19)16-23/h5-16,27,33,39H,2-4,17,30H2,1H3,(H,31,36)(H,32,35)(H,37,38). The average Bonchev–Trinajstić information content (AvgIpc) is 2.90. The van der Waals surface area contributed by atoms with Crippen LogP contribution in [0.5, 0.6) is 0 Å². The van der Waals surface area contributed by atoms with Gasteiger partial charge < -0.3 is 25.5 Å². The molecule has 0 bridgehead atoms.